The Hall–Kier alpha value is -2.34. The highest BCUT2D eigenvalue weighted by molar-refractivity contribution is 8.18. The third-order valence-corrected chi connectivity index (χ3v) is 5.39. The molecule has 0 aliphatic carbocycles. The molecule has 26 heavy (non-hydrogen) atoms. The molecule has 1 aliphatic rings. The van der Waals surface area contributed by atoms with E-state index in [0.717, 1.165) is 22.1 Å². The Balaban J connectivity index is 2.03. The van der Waals surface area contributed by atoms with Gasteiger partial charge in [-0.05, 0) is 69.3 Å². The summed E-state index contributed by atoms with van der Waals surface area (Å²) in [6.45, 7) is 9.01. The number of likely N-dealkylation sites (N-methyl/N-ethyl adjacent to an activating group) is 1. The van der Waals surface area contributed by atoms with Crippen molar-refractivity contribution in [1.29, 1.82) is 0 Å². The number of aromatic nitrogens is 1. The average Bonchev–Trinajstić information content (AvgIpc) is 3.05. The van der Waals surface area contributed by atoms with Crippen LogP contribution in [-0.2, 0) is 4.79 Å². The number of para-hydroxylation sites is 1. The molecule has 0 unspecified atom stereocenters. The normalized spacial score (nSPS) is 17.7. The van der Waals surface area contributed by atoms with Crippen LogP contribution in [0.4, 0.5) is 4.39 Å². The quantitative estimate of drug-likeness (QED) is 0.740. The number of amides is 1. The van der Waals surface area contributed by atoms with Crippen molar-refractivity contribution in [3.05, 3.63) is 58.0 Å². The molecule has 4 nitrogen and oxygen atoms in total. The lowest BCUT2D eigenvalue weighted by atomic mass is 10.2. The standard InChI is InChI=1S/C20H22FN3OS/c1-5-22-20-23(6-2)19(25)18(26-20)12-15-11-13(3)24(14(15)4)17-10-8-7-9-16(17)21/h7-12H,5-6H2,1-4H3/b18-12-,22-20?. The molecule has 6 heteroatoms. The van der Waals surface area contributed by atoms with Gasteiger partial charge in [0, 0.05) is 24.5 Å². The van der Waals surface area contributed by atoms with Crippen LogP contribution in [0.15, 0.2) is 40.2 Å². The zero-order valence-corrected chi connectivity index (χ0v) is 16.2. The molecule has 0 saturated carbocycles. The lowest BCUT2D eigenvalue weighted by molar-refractivity contribution is -0.122. The molecular weight excluding hydrogens is 349 g/mol. The van der Waals surface area contributed by atoms with Crippen molar-refractivity contribution in [2.45, 2.75) is 27.7 Å². The van der Waals surface area contributed by atoms with Crippen LogP contribution in [-0.4, -0.2) is 33.6 Å². The molecule has 1 saturated heterocycles. The second-order valence-electron chi connectivity index (χ2n) is 6.03. The first kappa shape index (κ1) is 18.5. The summed E-state index contributed by atoms with van der Waals surface area (Å²) in [7, 11) is 0. The average molecular weight is 371 g/mol. The first-order valence-corrected chi connectivity index (χ1v) is 9.49. The highest BCUT2D eigenvalue weighted by Gasteiger charge is 2.32. The van der Waals surface area contributed by atoms with Gasteiger partial charge < -0.3 is 4.57 Å². The Labute approximate surface area is 157 Å². The molecule has 1 fully saturated rings. The number of amidine groups is 1. The fourth-order valence-corrected chi connectivity index (χ4v) is 4.21. The maximum atomic E-state index is 14.2. The van der Waals surface area contributed by atoms with E-state index in [4.69, 9.17) is 0 Å². The van der Waals surface area contributed by atoms with E-state index < -0.39 is 0 Å². The first-order chi connectivity index (χ1) is 12.5. The highest BCUT2D eigenvalue weighted by Crippen LogP contribution is 2.34. The Morgan fingerprint density at radius 1 is 1.23 bits per heavy atom. The lowest BCUT2D eigenvalue weighted by Gasteiger charge is -2.11. The van der Waals surface area contributed by atoms with Crippen LogP contribution in [0.5, 0.6) is 0 Å². The van der Waals surface area contributed by atoms with Crippen LogP contribution < -0.4 is 0 Å². The van der Waals surface area contributed by atoms with Gasteiger partial charge in [-0.15, -0.1) is 0 Å². The molecule has 136 valence electrons. The predicted molar refractivity (Wildman–Crippen MR) is 106 cm³/mol. The number of aliphatic imine (C=N–C) groups is 1. The van der Waals surface area contributed by atoms with E-state index in [0.29, 0.717) is 23.7 Å². The third kappa shape index (κ3) is 3.21. The summed E-state index contributed by atoms with van der Waals surface area (Å²) in [6.07, 6.45) is 1.88. The molecular formula is C20H22FN3OS. The van der Waals surface area contributed by atoms with E-state index >= 15 is 0 Å². The molecule has 0 N–H and O–H groups in total. The van der Waals surface area contributed by atoms with E-state index in [1.807, 2.05) is 50.5 Å². The number of halogens is 1. The first-order valence-electron chi connectivity index (χ1n) is 8.67. The molecule has 0 radical (unpaired) electrons. The molecule has 1 aromatic carbocycles. The van der Waals surface area contributed by atoms with Crippen LogP contribution in [0.3, 0.4) is 0 Å². The van der Waals surface area contributed by atoms with Gasteiger partial charge in [0.05, 0.1) is 10.6 Å². The van der Waals surface area contributed by atoms with Gasteiger partial charge in [-0.2, -0.15) is 0 Å². The number of hydrogen-bond acceptors (Lipinski definition) is 3. The number of rotatable bonds is 4. The molecule has 0 bridgehead atoms. The van der Waals surface area contributed by atoms with Crippen LogP contribution in [0.2, 0.25) is 0 Å². The summed E-state index contributed by atoms with van der Waals surface area (Å²) < 4.78 is 16.1. The number of benzene rings is 1. The minimum atomic E-state index is -0.269. The summed E-state index contributed by atoms with van der Waals surface area (Å²) in [5.74, 6) is -0.297. The number of hydrogen-bond donors (Lipinski definition) is 0. The van der Waals surface area contributed by atoms with Crippen molar-refractivity contribution in [2.75, 3.05) is 13.1 Å². The molecule has 2 aromatic rings. The number of carbonyl (C=O) groups excluding carboxylic acids is 1. The topological polar surface area (TPSA) is 37.6 Å². The van der Waals surface area contributed by atoms with Crippen molar-refractivity contribution in [1.82, 2.24) is 9.47 Å². The van der Waals surface area contributed by atoms with Gasteiger partial charge in [0.15, 0.2) is 5.17 Å². The van der Waals surface area contributed by atoms with Crippen LogP contribution in [0, 0.1) is 19.7 Å². The van der Waals surface area contributed by atoms with Gasteiger partial charge >= 0.3 is 0 Å². The summed E-state index contributed by atoms with van der Waals surface area (Å²) in [5, 5.41) is 0.745. The van der Waals surface area contributed by atoms with Crippen molar-refractivity contribution >= 4 is 28.9 Å². The fraction of sp³-hybridized carbons (Fsp3) is 0.300. The smallest absolute Gasteiger partial charge is 0.266 e. The Kier molecular flexibility index (Phi) is 5.32. The molecule has 1 aliphatic heterocycles. The summed E-state index contributed by atoms with van der Waals surface area (Å²) >= 11 is 1.40. The van der Waals surface area contributed by atoms with Crippen LogP contribution >= 0.6 is 11.8 Å². The molecule has 3 rings (SSSR count). The second-order valence-corrected chi connectivity index (χ2v) is 7.04. The number of aryl methyl sites for hydroxylation is 1. The van der Waals surface area contributed by atoms with Crippen LogP contribution in [0.1, 0.15) is 30.8 Å². The number of carbonyl (C=O) groups is 1. The maximum Gasteiger partial charge on any atom is 0.266 e. The molecule has 0 spiro atoms. The zero-order valence-electron chi connectivity index (χ0n) is 15.4. The predicted octanol–water partition coefficient (Wildman–Crippen LogP) is 4.55. The van der Waals surface area contributed by atoms with Gasteiger partial charge in [0.2, 0.25) is 0 Å². The Bertz CT molecular complexity index is 914. The summed E-state index contributed by atoms with van der Waals surface area (Å²) in [4.78, 5) is 19.4. The number of nitrogens with zero attached hydrogens (tertiary/aromatic N) is 3. The van der Waals surface area contributed by atoms with Crippen molar-refractivity contribution in [2.24, 2.45) is 4.99 Å². The van der Waals surface area contributed by atoms with Crippen molar-refractivity contribution in [3.63, 3.8) is 0 Å². The summed E-state index contributed by atoms with van der Waals surface area (Å²) in [6, 6.07) is 8.69. The van der Waals surface area contributed by atoms with Gasteiger partial charge in [-0.1, -0.05) is 12.1 Å². The minimum Gasteiger partial charge on any atom is -0.315 e. The fourth-order valence-electron chi connectivity index (χ4n) is 3.12. The highest BCUT2D eigenvalue weighted by atomic mass is 32.2. The van der Waals surface area contributed by atoms with E-state index in [-0.39, 0.29) is 11.7 Å². The van der Waals surface area contributed by atoms with E-state index in [9.17, 15) is 9.18 Å². The largest absolute Gasteiger partial charge is 0.315 e. The summed E-state index contributed by atoms with van der Waals surface area (Å²) in [5.41, 5.74) is 3.25. The van der Waals surface area contributed by atoms with E-state index in [2.05, 4.69) is 4.99 Å². The van der Waals surface area contributed by atoms with Crippen molar-refractivity contribution < 1.29 is 9.18 Å². The molecule has 1 amide bonds. The van der Waals surface area contributed by atoms with Gasteiger partial charge in [-0.3, -0.25) is 14.7 Å². The lowest BCUT2D eigenvalue weighted by Crippen LogP contribution is -2.28. The van der Waals surface area contributed by atoms with Crippen LogP contribution in [0.25, 0.3) is 11.8 Å². The molecule has 1 aromatic heterocycles. The molecule has 2 heterocycles. The minimum absolute atomic E-state index is 0.0274. The van der Waals surface area contributed by atoms with Gasteiger partial charge in [0.25, 0.3) is 5.91 Å². The van der Waals surface area contributed by atoms with Crippen molar-refractivity contribution in [3.8, 4) is 5.69 Å². The second kappa shape index (κ2) is 7.50. The van der Waals surface area contributed by atoms with E-state index in [1.165, 1.54) is 17.8 Å². The Morgan fingerprint density at radius 2 is 1.96 bits per heavy atom. The monoisotopic (exact) mass is 371 g/mol. The molecule has 0 atom stereocenters. The van der Waals surface area contributed by atoms with Gasteiger partial charge in [0.1, 0.15) is 5.82 Å². The SMILES string of the molecule is CCN=C1S/C(=C\c2cc(C)n(-c3ccccc3F)c2C)C(=O)N1CC. The van der Waals surface area contributed by atoms with Gasteiger partial charge in [-0.25, -0.2) is 4.39 Å². The van der Waals surface area contributed by atoms with E-state index in [1.54, 1.807) is 17.0 Å². The number of thioether (sulfide) groups is 1. The Morgan fingerprint density at radius 3 is 2.62 bits per heavy atom. The maximum absolute atomic E-state index is 14.2. The zero-order chi connectivity index (χ0) is 18.8. The third-order valence-electron chi connectivity index (χ3n) is 4.35.